The fourth-order valence-electron chi connectivity index (χ4n) is 0.630. The molecule has 0 spiro atoms. The molecule has 1 N–H and O–H groups in total. The molecule has 56 valence electrons. The Morgan fingerprint density at radius 3 is 2.80 bits per heavy atom. The molecule has 0 saturated heterocycles. The van der Waals surface area contributed by atoms with E-state index in [4.69, 9.17) is 9.84 Å². The number of aliphatic hydroxyl groups is 1. The number of aromatic nitrogens is 2. The molecule has 0 aliphatic carbocycles. The van der Waals surface area contributed by atoms with E-state index in [0.29, 0.717) is 5.75 Å². The average molecular weight is 142 g/mol. The van der Waals surface area contributed by atoms with Crippen LogP contribution in [0.3, 0.4) is 0 Å². The van der Waals surface area contributed by atoms with Gasteiger partial charge in [-0.15, -0.1) is 0 Å². The van der Waals surface area contributed by atoms with Crippen molar-refractivity contribution in [3.63, 3.8) is 0 Å². The SMILES string of the molecule is COc1cnn(C(C)O)c1. The van der Waals surface area contributed by atoms with Gasteiger partial charge in [0.15, 0.2) is 5.75 Å². The summed E-state index contributed by atoms with van der Waals surface area (Å²) in [5.41, 5.74) is 0. The van der Waals surface area contributed by atoms with Gasteiger partial charge in [-0.2, -0.15) is 5.10 Å². The Balaban J connectivity index is 2.78. The maximum absolute atomic E-state index is 8.98. The zero-order valence-electron chi connectivity index (χ0n) is 5.98. The Kier molecular flexibility index (Phi) is 1.91. The smallest absolute Gasteiger partial charge is 0.156 e. The predicted molar refractivity (Wildman–Crippen MR) is 35.7 cm³/mol. The monoisotopic (exact) mass is 142 g/mol. The zero-order valence-corrected chi connectivity index (χ0v) is 5.98. The molecular weight excluding hydrogens is 132 g/mol. The first-order valence-corrected chi connectivity index (χ1v) is 3.00. The van der Waals surface area contributed by atoms with Gasteiger partial charge in [-0.3, -0.25) is 0 Å². The van der Waals surface area contributed by atoms with Gasteiger partial charge in [0.1, 0.15) is 6.23 Å². The average Bonchev–Trinajstić information content (AvgIpc) is 2.34. The van der Waals surface area contributed by atoms with Gasteiger partial charge >= 0.3 is 0 Å². The molecule has 0 aliphatic rings. The highest BCUT2D eigenvalue weighted by Crippen LogP contribution is 2.09. The van der Waals surface area contributed by atoms with Crippen molar-refractivity contribution in [2.45, 2.75) is 13.2 Å². The Labute approximate surface area is 59.0 Å². The molecule has 1 rings (SSSR count). The van der Waals surface area contributed by atoms with Crippen LogP contribution in [0, 0.1) is 0 Å². The standard InChI is InChI=1S/C6H10N2O2/c1-5(9)8-4-6(10-2)3-7-8/h3-5,9H,1-2H3. The highest BCUT2D eigenvalue weighted by molar-refractivity contribution is 5.11. The number of hydrogen-bond acceptors (Lipinski definition) is 3. The van der Waals surface area contributed by atoms with Crippen LogP contribution < -0.4 is 4.74 Å². The van der Waals surface area contributed by atoms with Gasteiger partial charge in [-0.1, -0.05) is 0 Å². The second kappa shape index (κ2) is 2.70. The molecule has 0 amide bonds. The molecule has 4 nitrogen and oxygen atoms in total. The van der Waals surface area contributed by atoms with Gasteiger partial charge in [-0.05, 0) is 6.92 Å². The Hall–Kier alpha value is -1.03. The lowest BCUT2D eigenvalue weighted by atomic mass is 10.6. The number of hydrogen-bond donors (Lipinski definition) is 1. The van der Waals surface area contributed by atoms with Crippen LogP contribution in [0.1, 0.15) is 13.2 Å². The van der Waals surface area contributed by atoms with E-state index in [-0.39, 0.29) is 0 Å². The van der Waals surface area contributed by atoms with Gasteiger partial charge in [0.2, 0.25) is 0 Å². The van der Waals surface area contributed by atoms with E-state index in [1.807, 2.05) is 0 Å². The minimum Gasteiger partial charge on any atom is -0.493 e. The summed E-state index contributed by atoms with van der Waals surface area (Å²) >= 11 is 0. The highest BCUT2D eigenvalue weighted by Gasteiger charge is 2.00. The van der Waals surface area contributed by atoms with Gasteiger partial charge in [0, 0.05) is 0 Å². The van der Waals surface area contributed by atoms with Gasteiger partial charge in [0.25, 0.3) is 0 Å². The third-order valence-corrected chi connectivity index (χ3v) is 1.20. The summed E-state index contributed by atoms with van der Waals surface area (Å²) in [4.78, 5) is 0. The molecule has 1 aromatic rings. The molecule has 1 atom stereocenters. The van der Waals surface area contributed by atoms with Crippen molar-refractivity contribution < 1.29 is 9.84 Å². The van der Waals surface area contributed by atoms with Crippen LogP contribution in [0.2, 0.25) is 0 Å². The lowest BCUT2D eigenvalue weighted by Crippen LogP contribution is -2.02. The minimum absolute atomic E-state index is 0.594. The van der Waals surface area contributed by atoms with E-state index in [2.05, 4.69) is 5.10 Å². The van der Waals surface area contributed by atoms with Crippen LogP contribution in [0.4, 0.5) is 0 Å². The van der Waals surface area contributed by atoms with Crippen molar-refractivity contribution in [2.24, 2.45) is 0 Å². The van der Waals surface area contributed by atoms with Crippen LogP contribution in [0.5, 0.6) is 5.75 Å². The third kappa shape index (κ3) is 1.27. The molecule has 0 aromatic carbocycles. The summed E-state index contributed by atoms with van der Waals surface area (Å²) in [6.07, 6.45) is 2.58. The fraction of sp³-hybridized carbons (Fsp3) is 0.500. The van der Waals surface area contributed by atoms with Crippen LogP contribution >= 0.6 is 0 Å². The number of methoxy groups -OCH3 is 1. The molecule has 1 aromatic heterocycles. The van der Waals surface area contributed by atoms with Crippen molar-refractivity contribution in [1.82, 2.24) is 9.78 Å². The number of nitrogens with zero attached hydrogens (tertiary/aromatic N) is 2. The van der Waals surface area contributed by atoms with Crippen molar-refractivity contribution in [3.05, 3.63) is 12.4 Å². The van der Waals surface area contributed by atoms with E-state index < -0.39 is 6.23 Å². The quantitative estimate of drug-likeness (QED) is 0.650. The van der Waals surface area contributed by atoms with E-state index >= 15 is 0 Å². The van der Waals surface area contributed by atoms with Crippen LogP contribution in [-0.2, 0) is 0 Å². The van der Waals surface area contributed by atoms with Crippen LogP contribution in [0.15, 0.2) is 12.4 Å². The summed E-state index contributed by atoms with van der Waals surface area (Å²) in [6, 6.07) is 0. The molecule has 1 unspecified atom stereocenters. The molecule has 0 bridgehead atoms. The molecule has 0 radical (unpaired) electrons. The summed E-state index contributed by atoms with van der Waals surface area (Å²) in [7, 11) is 1.56. The molecule has 4 heteroatoms. The highest BCUT2D eigenvalue weighted by atomic mass is 16.5. The van der Waals surface area contributed by atoms with Crippen LogP contribution in [0.25, 0.3) is 0 Å². The van der Waals surface area contributed by atoms with E-state index in [1.165, 1.54) is 4.68 Å². The van der Waals surface area contributed by atoms with Crippen molar-refractivity contribution in [2.75, 3.05) is 7.11 Å². The summed E-state index contributed by atoms with van der Waals surface area (Å²) in [5.74, 6) is 0.654. The van der Waals surface area contributed by atoms with Crippen LogP contribution in [-0.4, -0.2) is 22.0 Å². The lowest BCUT2D eigenvalue weighted by molar-refractivity contribution is 0.110. The largest absolute Gasteiger partial charge is 0.493 e. The zero-order chi connectivity index (χ0) is 7.56. The number of rotatable bonds is 2. The Morgan fingerprint density at radius 1 is 1.80 bits per heavy atom. The first-order valence-electron chi connectivity index (χ1n) is 3.00. The fourth-order valence-corrected chi connectivity index (χ4v) is 0.630. The topological polar surface area (TPSA) is 47.3 Å². The molecule has 10 heavy (non-hydrogen) atoms. The second-order valence-corrected chi connectivity index (χ2v) is 1.99. The number of ether oxygens (including phenoxy) is 1. The first-order chi connectivity index (χ1) is 4.74. The third-order valence-electron chi connectivity index (χ3n) is 1.20. The van der Waals surface area contributed by atoms with Gasteiger partial charge < -0.3 is 9.84 Å². The minimum atomic E-state index is -0.594. The Bertz CT molecular complexity index is 207. The van der Waals surface area contributed by atoms with Crippen molar-refractivity contribution in [1.29, 1.82) is 0 Å². The maximum atomic E-state index is 8.98. The first kappa shape index (κ1) is 7.08. The number of aliphatic hydroxyl groups excluding tert-OH is 1. The van der Waals surface area contributed by atoms with Crippen molar-refractivity contribution >= 4 is 0 Å². The summed E-state index contributed by atoms with van der Waals surface area (Å²) in [5, 5.41) is 12.8. The maximum Gasteiger partial charge on any atom is 0.156 e. The second-order valence-electron chi connectivity index (χ2n) is 1.99. The van der Waals surface area contributed by atoms with E-state index in [9.17, 15) is 0 Å². The normalized spacial score (nSPS) is 13.1. The lowest BCUT2D eigenvalue weighted by Gasteiger charge is -2.01. The molecular formula is C6H10N2O2. The molecule has 0 aliphatic heterocycles. The predicted octanol–water partition coefficient (Wildman–Crippen LogP) is 0.403. The van der Waals surface area contributed by atoms with E-state index in [1.54, 1.807) is 26.4 Å². The summed E-state index contributed by atoms with van der Waals surface area (Å²) in [6.45, 7) is 1.63. The molecule has 0 fully saturated rings. The summed E-state index contributed by atoms with van der Waals surface area (Å²) < 4.78 is 6.27. The van der Waals surface area contributed by atoms with Gasteiger partial charge in [0.05, 0.1) is 19.5 Å². The molecule has 1 heterocycles. The molecule has 0 saturated carbocycles. The van der Waals surface area contributed by atoms with E-state index in [0.717, 1.165) is 0 Å². The van der Waals surface area contributed by atoms with Crippen molar-refractivity contribution in [3.8, 4) is 5.75 Å². The van der Waals surface area contributed by atoms with Gasteiger partial charge in [-0.25, -0.2) is 4.68 Å². The Morgan fingerprint density at radius 2 is 2.50 bits per heavy atom.